The van der Waals surface area contributed by atoms with Crippen molar-refractivity contribution in [2.24, 2.45) is 11.8 Å². The van der Waals surface area contributed by atoms with E-state index in [0.29, 0.717) is 18.8 Å². The molecule has 1 fully saturated rings. The highest BCUT2D eigenvalue weighted by Gasteiger charge is 2.43. The van der Waals surface area contributed by atoms with Crippen molar-refractivity contribution in [2.75, 3.05) is 0 Å². The van der Waals surface area contributed by atoms with E-state index in [1.165, 1.54) is 6.20 Å². The molecule has 1 heterocycles. The average Bonchev–Trinajstić information content (AvgIpc) is 2.37. The molecular weight excluding hydrogens is 279 g/mol. The largest absolute Gasteiger partial charge is 0.416 e. The Balaban J connectivity index is 2.31. The van der Waals surface area contributed by atoms with Gasteiger partial charge in [0.15, 0.2) is 0 Å². The molecule has 1 aromatic rings. The summed E-state index contributed by atoms with van der Waals surface area (Å²) in [6.45, 7) is 4.19. The minimum Gasteiger partial charge on any atom is -0.385 e. The van der Waals surface area contributed by atoms with E-state index in [1.54, 1.807) is 0 Å². The Hall–Kier alpha value is -1.10. The van der Waals surface area contributed by atoms with Gasteiger partial charge in [-0.05, 0) is 43.6 Å². The highest BCUT2D eigenvalue weighted by Crippen LogP contribution is 2.45. The van der Waals surface area contributed by atoms with Gasteiger partial charge in [-0.1, -0.05) is 20.3 Å². The van der Waals surface area contributed by atoms with Crippen LogP contribution in [0, 0.1) is 11.8 Å². The van der Waals surface area contributed by atoms with Crippen LogP contribution in [-0.4, -0.2) is 10.1 Å². The third-order valence-electron chi connectivity index (χ3n) is 4.26. The van der Waals surface area contributed by atoms with Crippen LogP contribution in [0.15, 0.2) is 18.5 Å². The van der Waals surface area contributed by atoms with Crippen LogP contribution >= 0.6 is 0 Å². The van der Waals surface area contributed by atoms with Gasteiger partial charge in [-0.3, -0.25) is 4.98 Å². The zero-order chi connectivity index (χ0) is 15.7. The number of aliphatic hydroxyl groups is 1. The molecule has 1 aliphatic rings. The number of hydrogen-bond acceptors (Lipinski definition) is 2. The minimum atomic E-state index is -4.46. The summed E-state index contributed by atoms with van der Waals surface area (Å²) in [5.74, 6) is 0.748. The summed E-state index contributed by atoms with van der Waals surface area (Å²) in [5, 5.41) is 10.8. The summed E-state index contributed by atoms with van der Waals surface area (Å²) in [5.41, 5.74) is -2.23. The van der Waals surface area contributed by atoms with Gasteiger partial charge in [0.25, 0.3) is 0 Å². The lowest BCUT2D eigenvalue weighted by atomic mass is 9.71. The van der Waals surface area contributed by atoms with Gasteiger partial charge in [0.05, 0.1) is 11.2 Å². The van der Waals surface area contributed by atoms with Crippen LogP contribution in [-0.2, 0) is 11.8 Å². The Morgan fingerprint density at radius 1 is 1.43 bits per heavy atom. The molecule has 2 atom stereocenters. The summed E-state index contributed by atoms with van der Waals surface area (Å²) >= 11 is 0. The van der Waals surface area contributed by atoms with Crippen molar-refractivity contribution >= 4 is 0 Å². The predicted molar refractivity (Wildman–Crippen MR) is 74.5 cm³/mol. The van der Waals surface area contributed by atoms with Crippen LogP contribution in [0.3, 0.4) is 0 Å². The molecule has 21 heavy (non-hydrogen) atoms. The van der Waals surface area contributed by atoms with Crippen LogP contribution < -0.4 is 0 Å². The molecule has 0 aliphatic heterocycles. The zero-order valence-corrected chi connectivity index (χ0v) is 12.5. The number of rotatable bonds is 3. The highest BCUT2D eigenvalue weighted by atomic mass is 19.4. The van der Waals surface area contributed by atoms with Gasteiger partial charge in [-0.15, -0.1) is 0 Å². The first-order valence-electron chi connectivity index (χ1n) is 7.46. The molecule has 0 amide bonds. The number of nitrogens with zero attached hydrogens (tertiary/aromatic N) is 1. The quantitative estimate of drug-likeness (QED) is 0.890. The predicted octanol–water partition coefficient (Wildman–Crippen LogP) is 4.52. The molecule has 1 saturated carbocycles. The lowest BCUT2D eigenvalue weighted by Gasteiger charge is -2.38. The Bertz CT molecular complexity index is 487. The van der Waals surface area contributed by atoms with Gasteiger partial charge < -0.3 is 5.11 Å². The summed E-state index contributed by atoms with van der Waals surface area (Å²) in [4.78, 5) is 3.81. The van der Waals surface area contributed by atoms with Crippen LogP contribution in [0.1, 0.15) is 57.1 Å². The molecule has 1 aromatic heterocycles. The molecular formula is C16H22F3NO. The molecule has 0 spiro atoms. The maximum atomic E-state index is 13.1. The van der Waals surface area contributed by atoms with Crippen LogP contribution in [0.4, 0.5) is 13.2 Å². The number of pyridine rings is 1. The van der Waals surface area contributed by atoms with Crippen LogP contribution in [0.2, 0.25) is 0 Å². The fourth-order valence-electron chi connectivity index (χ4n) is 3.49. The Morgan fingerprint density at radius 2 is 2.14 bits per heavy atom. The third-order valence-corrected chi connectivity index (χ3v) is 4.26. The summed E-state index contributed by atoms with van der Waals surface area (Å²) < 4.78 is 39.4. The van der Waals surface area contributed by atoms with Gasteiger partial charge in [0.1, 0.15) is 0 Å². The lowest BCUT2D eigenvalue weighted by Crippen LogP contribution is -2.35. The molecule has 118 valence electrons. The van der Waals surface area contributed by atoms with Gasteiger partial charge in [0.2, 0.25) is 0 Å². The van der Waals surface area contributed by atoms with E-state index in [1.807, 2.05) is 0 Å². The second kappa shape index (κ2) is 5.95. The van der Waals surface area contributed by atoms with Crippen molar-refractivity contribution in [1.29, 1.82) is 0 Å². The first kappa shape index (κ1) is 16.3. The second-order valence-electron chi connectivity index (χ2n) is 6.54. The molecule has 0 radical (unpaired) electrons. The fraction of sp³-hybridized carbons (Fsp3) is 0.688. The summed E-state index contributed by atoms with van der Waals surface area (Å²) in [6, 6.07) is 0.958. The van der Waals surface area contributed by atoms with E-state index < -0.39 is 17.3 Å². The molecule has 1 aliphatic carbocycles. The van der Waals surface area contributed by atoms with E-state index in [0.717, 1.165) is 31.5 Å². The van der Waals surface area contributed by atoms with Crippen molar-refractivity contribution in [2.45, 2.75) is 57.7 Å². The van der Waals surface area contributed by atoms with Crippen molar-refractivity contribution in [1.82, 2.24) is 4.98 Å². The molecule has 2 rings (SSSR count). The van der Waals surface area contributed by atoms with Crippen molar-refractivity contribution < 1.29 is 18.3 Å². The Morgan fingerprint density at radius 3 is 2.76 bits per heavy atom. The Labute approximate surface area is 123 Å². The third kappa shape index (κ3) is 3.76. The SMILES string of the molecule is CC(C)CC1CCCC(O)(c2cnccc2C(F)(F)F)C1. The minimum absolute atomic E-state index is 0.0639. The van der Waals surface area contributed by atoms with E-state index >= 15 is 0 Å². The molecule has 1 N–H and O–H groups in total. The second-order valence-corrected chi connectivity index (χ2v) is 6.54. The molecule has 0 saturated heterocycles. The number of alkyl halides is 3. The van der Waals surface area contributed by atoms with E-state index in [9.17, 15) is 18.3 Å². The molecule has 2 nitrogen and oxygen atoms in total. The van der Waals surface area contributed by atoms with Crippen LogP contribution in [0.5, 0.6) is 0 Å². The normalized spacial score (nSPS) is 27.1. The van der Waals surface area contributed by atoms with Crippen molar-refractivity contribution in [3.8, 4) is 0 Å². The number of aromatic nitrogens is 1. The topological polar surface area (TPSA) is 33.1 Å². The van der Waals surface area contributed by atoms with E-state index in [2.05, 4.69) is 18.8 Å². The molecule has 0 aromatic carbocycles. The van der Waals surface area contributed by atoms with Crippen molar-refractivity contribution in [3.05, 3.63) is 29.6 Å². The van der Waals surface area contributed by atoms with Gasteiger partial charge in [0, 0.05) is 18.0 Å². The smallest absolute Gasteiger partial charge is 0.385 e. The van der Waals surface area contributed by atoms with Gasteiger partial charge >= 0.3 is 6.18 Å². The van der Waals surface area contributed by atoms with E-state index in [-0.39, 0.29) is 11.5 Å². The summed E-state index contributed by atoms with van der Waals surface area (Å²) in [6.07, 6.45) is 1.27. The first-order valence-corrected chi connectivity index (χ1v) is 7.46. The maximum Gasteiger partial charge on any atom is 0.416 e. The highest BCUT2D eigenvalue weighted by molar-refractivity contribution is 5.32. The Kier molecular flexibility index (Phi) is 4.61. The molecule has 5 heteroatoms. The number of hydrogen-bond donors (Lipinski definition) is 1. The molecule has 0 bridgehead atoms. The number of halogens is 3. The van der Waals surface area contributed by atoms with Gasteiger partial charge in [-0.2, -0.15) is 13.2 Å². The first-order chi connectivity index (χ1) is 9.72. The monoisotopic (exact) mass is 301 g/mol. The average molecular weight is 301 g/mol. The van der Waals surface area contributed by atoms with Crippen molar-refractivity contribution in [3.63, 3.8) is 0 Å². The zero-order valence-electron chi connectivity index (χ0n) is 12.5. The standard InChI is InChI=1S/C16H22F3NO/c1-11(2)8-12-4-3-6-15(21,9-12)14-10-20-7-5-13(14)16(17,18)19/h5,7,10-12,21H,3-4,6,8-9H2,1-2H3. The van der Waals surface area contributed by atoms with E-state index in [4.69, 9.17) is 0 Å². The van der Waals surface area contributed by atoms with Crippen LogP contribution in [0.25, 0.3) is 0 Å². The lowest BCUT2D eigenvalue weighted by molar-refractivity contribution is -0.142. The van der Waals surface area contributed by atoms with Gasteiger partial charge in [-0.25, -0.2) is 0 Å². The maximum absolute atomic E-state index is 13.1. The molecule has 2 unspecified atom stereocenters. The fourth-order valence-corrected chi connectivity index (χ4v) is 3.49. The summed E-state index contributed by atoms with van der Waals surface area (Å²) in [7, 11) is 0.